The molecule has 1 aromatic rings. The van der Waals surface area contributed by atoms with Crippen molar-refractivity contribution in [2.24, 2.45) is 29.4 Å². The smallest absolute Gasteiger partial charge is 0.255 e. The summed E-state index contributed by atoms with van der Waals surface area (Å²) in [7, 11) is 1.68. The Labute approximate surface area is 277 Å². The standard InChI is InChI=1S/C32H56N4O6.2ClH/c1-23(2)25(22-35-31(38)26-10-6-7-11-30(26)42-17-9-8-16-40-5)20-28(33)29(37)21-27(24(3)4)32(39)34-12-13-36-14-18-41-19-15-36;;/h6-7,10-11,23-25,27-29,37H,8-9,12-22,33H2,1-5H3,(H,34,39)(H,35,38);2*1H. The molecule has 0 saturated carbocycles. The maximum absolute atomic E-state index is 13.1. The van der Waals surface area contributed by atoms with Crippen molar-refractivity contribution in [3.8, 4) is 5.75 Å². The van der Waals surface area contributed by atoms with E-state index in [-0.39, 0.29) is 60.3 Å². The Morgan fingerprint density at radius 2 is 1.66 bits per heavy atom. The molecule has 1 aromatic carbocycles. The van der Waals surface area contributed by atoms with Crippen LogP contribution in [0.1, 0.15) is 63.7 Å². The lowest BCUT2D eigenvalue weighted by Crippen LogP contribution is -2.45. The zero-order valence-electron chi connectivity index (χ0n) is 27.3. The highest BCUT2D eigenvalue weighted by atomic mass is 35.5. The minimum absolute atomic E-state index is 0. The number of nitrogens with zero attached hydrogens (tertiary/aromatic N) is 1. The average molecular weight is 666 g/mol. The van der Waals surface area contributed by atoms with Crippen LogP contribution >= 0.6 is 24.8 Å². The molecule has 2 amide bonds. The lowest BCUT2D eigenvalue weighted by molar-refractivity contribution is -0.127. The molecule has 256 valence electrons. The van der Waals surface area contributed by atoms with Crippen LogP contribution in [0.4, 0.5) is 0 Å². The monoisotopic (exact) mass is 664 g/mol. The highest BCUT2D eigenvalue weighted by molar-refractivity contribution is 5.96. The number of morpholine rings is 1. The molecule has 0 aromatic heterocycles. The van der Waals surface area contributed by atoms with Crippen LogP contribution in [0.2, 0.25) is 0 Å². The summed E-state index contributed by atoms with van der Waals surface area (Å²) in [5, 5.41) is 17.1. The molecule has 10 nitrogen and oxygen atoms in total. The highest BCUT2D eigenvalue weighted by Crippen LogP contribution is 2.24. The van der Waals surface area contributed by atoms with Crippen LogP contribution in [0, 0.1) is 23.7 Å². The van der Waals surface area contributed by atoms with Crippen LogP contribution in [0.25, 0.3) is 0 Å². The molecule has 0 radical (unpaired) electrons. The van der Waals surface area contributed by atoms with Crippen LogP contribution in [-0.2, 0) is 14.3 Å². The number of aliphatic hydroxyl groups excluding tert-OH is 1. The number of nitrogens with two attached hydrogens (primary N) is 1. The Balaban J connectivity index is 0.00000924. The van der Waals surface area contributed by atoms with Crippen molar-refractivity contribution in [2.75, 3.05) is 66.3 Å². The SMILES string of the molecule is COCCCCOc1ccccc1C(=O)NCC(CC(N)C(O)CC(C(=O)NCCN1CCOCC1)C(C)C)C(C)C.Cl.Cl. The molecule has 1 heterocycles. The summed E-state index contributed by atoms with van der Waals surface area (Å²) in [6.45, 7) is 14.4. The number of aliphatic hydroxyl groups is 1. The summed E-state index contributed by atoms with van der Waals surface area (Å²) in [6, 6.07) is 6.73. The van der Waals surface area contributed by atoms with Crippen LogP contribution < -0.4 is 21.1 Å². The number of hydrogen-bond donors (Lipinski definition) is 4. The topological polar surface area (TPSA) is 135 Å². The quantitative estimate of drug-likeness (QED) is 0.156. The molecule has 1 aliphatic rings. The number of ether oxygens (including phenoxy) is 3. The van der Waals surface area contributed by atoms with Gasteiger partial charge in [0.2, 0.25) is 5.91 Å². The number of benzene rings is 1. The van der Waals surface area contributed by atoms with Gasteiger partial charge in [-0.3, -0.25) is 14.5 Å². The Kier molecular flexibility index (Phi) is 22.8. The van der Waals surface area contributed by atoms with Crippen molar-refractivity contribution in [3.63, 3.8) is 0 Å². The molecule has 0 bridgehead atoms. The molecule has 12 heteroatoms. The normalized spacial score (nSPS) is 16.3. The van der Waals surface area contributed by atoms with E-state index in [1.54, 1.807) is 19.2 Å². The number of carbonyl (C=O) groups is 2. The Hall–Kier alpha value is -1.66. The van der Waals surface area contributed by atoms with Crippen LogP contribution in [0.5, 0.6) is 5.75 Å². The third-order valence-electron chi connectivity index (χ3n) is 8.14. The van der Waals surface area contributed by atoms with Crippen molar-refractivity contribution < 1.29 is 28.9 Å². The van der Waals surface area contributed by atoms with Gasteiger partial charge in [0.1, 0.15) is 5.75 Å². The van der Waals surface area contributed by atoms with E-state index >= 15 is 0 Å². The van der Waals surface area contributed by atoms with Gasteiger partial charge in [0.25, 0.3) is 5.91 Å². The van der Waals surface area contributed by atoms with E-state index in [4.69, 9.17) is 19.9 Å². The minimum atomic E-state index is -0.827. The predicted octanol–water partition coefficient (Wildman–Crippen LogP) is 3.53. The van der Waals surface area contributed by atoms with Crippen LogP contribution in [0.3, 0.4) is 0 Å². The number of carbonyl (C=O) groups excluding carboxylic acids is 2. The van der Waals surface area contributed by atoms with Crippen LogP contribution in [0.15, 0.2) is 24.3 Å². The molecule has 4 atom stereocenters. The number of hydrogen-bond acceptors (Lipinski definition) is 8. The van der Waals surface area contributed by atoms with Gasteiger partial charge < -0.3 is 35.7 Å². The van der Waals surface area contributed by atoms with E-state index in [0.717, 1.165) is 45.7 Å². The molecule has 5 N–H and O–H groups in total. The lowest BCUT2D eigenvalue weighted by Gasteiger charge is -2.30. The van der Waals surface area contributed by atoms with Gasteiger partial charge in [0, 0.05) is 58.4 Å². The minimum Gasteiger partial charge on any atom is -0.493 e. The molecule has 0 aliphatic carbocycles. The molecule has 4 unspecified atom stereocenters. The fraction of sp³-hybridized carbons (Fsp3) is 0.750. The second-order valence-electron chi connectivity index (χ2n) is 12.1. The van der Waals surface area contributed by atoms with E-state index in [2.05, 4.69) is 29.4 Å². The van der Waals surface area contributed by atoms with Crippen LogP contribution in [-0.4, -0.2) is 100 Å². The summed E-state index contributed by atoms with van der Waals surface area (Å²) in [6.07, 6.45) is 1.73. The molecular weight excluding hydrogens is 607 g/mol. The summed E-state index contributed by atoms with van der Waals surface area (Å²) < 4.78 is 16.3. The number of methoxy groups -OCH3 is 1. The van der Waals surface area contributed by atoms with Gasteiger partial charge in [-0.15, -0.1) is 24.8 Å². The number of unbranched alkanes of at least 4 members (excludes halogenated alkanes) is 1. The molecule has 1 saturated heterocycles. The first kappa shape index (κ1) is 42.3. The Morgan fingerprint density at radius 3 is 2.30 bits per heavy atom. The largest absolute Gasteiger partial charge is 0.493 e. The fourth-order valence-corrected chi connectivity index (χ4v) is 5.14. The molecule has 0 spiro atoms. The first-order valence-electron chi connectivity index (χ1n) is 15.6. The molecular formula is C32H58Cl2N4O6. The van der Waals surface area contributed by atoms with Gasteiger partial charge in [-0.2, -0.15) is 0 Å². The number of amides is 2. The van der Waals surface area contributed by atoms with E-state index in [9.17, 15) is 14.7 Å². The van der Waals surface area contributed by atoms with Crippen molar-refractivity contribution in [1.29, 1.82) is 0 Å². The Bertz CT molecular complexity index is 920. The molecule has 2 rings (SSSR count). The zero-order chi connectivity index (χ0) is 30.9. The average Bonchev–Trinajstić information content (AvgIpc) is 2.97. The number of para-hydroxylation sites is 1. The zero-order valence-corrected chi connectivity index (χ0v) is 28.9. The number of nitrogens with one attached hydrogen (secondary N) is 2. The second-order valence-corrected chi connectivity index (χ2v) is 12.1. The lowest BCUT2D eigenvalue weighted by atomic mass is 9.83. The van der Waals surface area contributed by atoms with Gasteiger partial charge in [-0.05, 0) is 55.6 Å². The van der Waals surface area contributed by atoms with Gasteiger partial charge >= 0.3 is 0 Å². The predicted molar refractivity (Wildman–Crippen MR) is 180 cm³/mol. The van der Waals surface area contributed by atoms with Gasteiger partial charge in [-0.25, -0.2) is 0 Å². The summed E-state index contributed by atoms with van der Waals surface area (Å²) in [5.41, 5.74) is 6.99. The molecule has 1 fully saturated rings. The summed E-state index contributed by atoms with van der Waals surface area (Å²) in [5.74, 6) is 0.341. The van der Waals surface area contributed by atoms with Crippen molar-refractivity contribution in [1.82, 2.24) is 15.5 Å². The molecule has 1 aliphatic heterocycles. The van der Waals surface area contributed by atoms with Gasteiger partial charge in [0.05, 0.1) is 31.5 Å². The molecule has 44 heavy (non-hydrogen) atoms. The summed E-state index contributed by atoms with van der Waals surface area (Å²) in [4.78, 5) is 28.4. The van der Waals surface area contributed by atoms with Gasteiger partial charge in [0.15, 0.2) is 0 Å². The van der Waals surface area contributed by atoms with E-state index in [1.807, 2.05) is 26.0 Å². The first-order valence-corrected chi connectivity index (χ1v) is 15.6. The maximum Gasteiger partial charge on any atom is 0.255 e. The third kappa shape index (κ3) is 15.6. The van der Waals surface area contributed by atoms with E-state index in [1.165, 1.54) is 0 Å². The Morgan fingerprint density at radius 1 is 1.00 bits per heavy atom. The second kappa shape index (κ2) is 23.6. The van der Waals surface area contributed by atoms with Gasteiger partial charge in [-0.1, -0.05) is 39.8 Å². The van der Waals surface area contributed by atoms with Crippen molar-refractivity contribution in [2.45, 2.75) is 65.5 Å². The van der Waals surface area contributed by atoms with E-state index in [0.29, 0.717) is 50.5 Å². The van der Waals surface area contributed by atoms with E-state index < -0.39 is 12.1 Å². The number of rotatable bonds is 20. The summed E-state index contributed by atoms with van der Waals surface area (Å²) >= 11 is 0. The maximum atomic E-state index is 13.1. The number of halogens is 2. The highest BCUT2D eigenvalue weighted by Gasteiger charge is 2.30. The third-order valence-corrected chi connectivity index (χ3v) is 8.14. The fourth-order valence-electron chi connectivity index (χ4n) is 5.14. The first-order chi connectivity index (χ1) is 20.1. The van der Waals surface area contributed by atoms with Crippen molar-refractivity contribution in [3.05, 3.63) is 29.8 Å². The van der Waals surface area contributed by atoms with Crippen molar-refractivity contribution >= 4 is 36.6 Å².